The van der Waals surface area contributed by atoms with Crippen molar-refractivity contribution in [3.05, 3.63) is 47.7 Å². The molecule has 0 atom stereocenters. The maximum absolute atomic E-state index is 12.4. The van der Waals surface area contributed by atoms with Gasteiger partial charge in [0.1, 0.15) is 11.4 Å². The van der Waals surface area contributed by atoms with Crippen molar-refractivity contribution in [2.75, 3.05) is 27.3 Å². The fourth-order valence-corrected chi connectivity index (χ4v) is 2.05. The first-order valence-electron chi connectivity index (χ1n) is 7.90. The highest BCUT2D eigenvalue weighted by Gasteiger charge is 2.26. The minimum atomic E-state index is -0.681. The Morgan fingerprint density at radius 1 is 1.35 bits per heavy atom. The number of ether oxygens (including phenoxy) is 1. The number of rotatable bonds is 7. The largest absolute Gasteiger partial charge is 0.385 e. The van der Waals surface area contributed by atoms with E-state index in [4.69, 9.17) is 4.74 Å². The van der Waals surface area contributed by atoms with Crippen LogP contribution in [0.15, 0.2) is 47.1 Å². The molecular weight excluding hydrogens is 340 g/mol. The summed E-state index contributed by atoms with van der Waals surface area (Å²) >= 11 is 0. The van der Waals surface area contributed by atoms with Crippen molar-refractivity contribution in [1.29, 1.82) is 0 Å². The molecule has 0 aromatic heterocycles. The number of benzene rings is 1. The van der Waals surface area contributed by atoms with E-state index in [-0.39, 0.29) is 11.4 Å². The Kier molecular flexibility index (Phi) is 7.01. The Morgan fingerprint density at radius 3 is 2.69 bits per heavy atom. The van der Waals surface area contributed by atoms with E-state index in [0.29, 0.717) is 25.1 Å². The first-order valence-corrected chi connectivity index (χ1v) is 7.90. The standard InChI is InChI=1S/C17H20N4O5/c1-21-14(17(24)26-20-21)11-13(16(23)18-9-6-10-25-2)19-15(22)12-7-4-3-5-8-12/h3-5,7-8,11,20H,6,9-10H2,1-2H3,(H,18,23)/b14-11+,19-13?. The Morgan fingerprint density at radius 2 is 2.08 bits per heavy atom. The zero-order valence-electron chi connectivity index (χ0n) is 14.5. The van der Waals surface area contributed by atoms with Gasteiger partial charge in [0.2, 0.25) is 0 Å². The van der Waals surface area contributed by atoms with Crippen molar-refractivity contribution < 1.29 is 24.0 Å². The first kappa shape index (κ1) is 19.3. The number of carbonyl (C=O) groups excluding carboxylic acids is 3. The van der Waals surface area contributed by atoms with Crippen LogP contribution in [0.2, 0.25) is 0 Å². The molecule has 1 aromatic carbocycles. The van der Waals surface area contributed by atoms with Gasteiger partial charge in [0.25, 0.3) is 11.8 Å². The fourth-order valence-electron chi connectivity index (χ4n) is 2.05. The number of hydrogen-bond donors (Lipinski definition) is 2. The summed E-state index contributed by atoms with van der Waals surface area (Å²) in [6.07, 6.45) is 1.80. The van der Waals surface area contributed by atoms with Crippen LogP contribution in [-0.4, -0.2) is 55.8 Å². The van der Waals surface area contributed by atoms with Gasteiger partial charge < -0.3 is 14.9 Å². The van der Waals surface area contributed by atoms with E-state index < -0.39 is 17.8 Å². The molecule has 1 aliphatic rings. The van der Waals surface area contributed by atoms with E-state index in [0.717, 1.165) is 0 Å². The van der Waals surface area contributed by atoms with Gasteiger partial charge in [-0.2, -0.15) is 0 Å². The lowest BCUT2D eigenvalue weighted by molar-refractivity contribution is -0.142. The Labute approximate surface area is 150 Å². The molecule has 0 spiro atoms. The molecular formula is C17H20N4O5. The van der Waals surface area contributed by atoms with Gasteiger partial charge in [-0.15, -0.1) is 0 Å². The maximum Gasteiger partial charge on any atom is 0.376 e. The summed E-state index contributed by atoms with van der Waals surface area (Å²) in [6, 6.07) is 8.33. The molecule has 1 aliphatic heterocycles. The third kappa shape index (κ3) is 5.23. The van der Waals surface area contributed by atoms with Crippen LogP contribution < -0.4 is 10.9 Å². The first-order chi connectivity index (χ1) is 12.5. The van der Waals surface area contributed by atoms with E-state index in [2.05, 4.69) is 20.7 Å². The Hall–Kier alpha value is -3.04. The zero-order chi connectivity index (χ0) is 18.9. The molecule has 0 aliphatic carbocycles. The lowest BCUT2D eigenvalue weighted by atomic mass is 10.2. The molecule has 9 nitrogen and oxygen atoms in total. The summed E-state index contributed by atoms with van der Waals surface area (Å²) in [5, 5.41) is 3.92. The van der Waals surface area contributed by atoms with Crippen LogP contribution in [0.5, 0.6) is 0 Å². The highest BCUT2D eigenvalue weighted by Crippen LogP contribution is 2.09. The number of hydrazine groups is 1. The van der Waals surface area contributed by atoms with E-state index in [1.807, 2.05) is 0 Å². The zero-order valence-corrected chi connectivity index (χ0v) is 14.5. The van der Waals surface area contributed by atoms with Crippen molar-refractivity contribution in [1.82, 2.24) is 15.9 Å². The molecule has 0 saturated carbocycles. The topological polar surface area (TPSA) is 109 Å². The van der Waals surface area contributed by atoms with Crippen molar-refractivity contribution in [3.8, 4) is 0 Å². The lowest BCUT2D eigenvalue weighted by Crippen LogP contribution is -2.33. The van der Waals surface area contributed by atoms with E-state index in [9.17, 15) is 14.4 Å². The molecule has 9 heteroatoms. The minimum Gasteiger partial charge on any atom is -0.385 e. The fraction of sp³-hybridized carbons (Fsp3) is 0.294. The molecule has 2 N–H and O–H groups in total. The second-order valence-corrected chi connectivity index (χ2v) is 5.34. The monoisotopic (exact) mass is 360 g/mol. The third-order valence-electron chi connectivity index (χ3n) is 3.41. The average molecular weight is 360 g/mol. The van der Waals surface area contributed by atoms with Gasteiger partial charge in [-0.05, 0) is 18.6 Å². The number of carbonyl (C=O) groups is 3. The van der Waals surface area contributed by atoms with Crippen LogP contribution in [0.3, 0.4) is 0 Å². The molecule has 1 saturated heterocycles. The van der Waals surface area contributed by atoms with Crippen molar-refractivity contribution in [3.63, 3.8) is 0 Å². The van der Waals surface area contributed by atoms with Crippen molar-refractivity contribution >= 4 is 23.5 Å². The molecule has 138 valence electrons. The van der Waals surface area contributed by atoms with Gasteiger partial charge in [-0.3, -0.25) is 14.6 Å². The van der Waals surface area contributed by atoms with Crippen LogP contribution in [0.1, 0.15) is 16.8 Å². The minimum absolute atomic E-state index is 0.0525. The predicted octanol–water partition coefficient (Wildman–Crippen LogP) is 0.213. The second-order valence-electron chi connectivity index (χ2n) is 5.34. The molecule has 1 fully saturated rings. The number of likely N-dealkylation sites (N-methyl/N-ethyl adjacent to an activating group) is 1. The van der Waals surface area contributed by atoms with Crippen molar-refractivity contribution in [2.45, 2.75) is 6.42 Å². The van der Waals surface area contributed by atoms with E-state index in [1.165, 1.54) is 18.1 Å². The Bertz CT molecular complexity index is 730. The highest BCUT2D eigenvalue weighted by molar-refractivity contribution is 6.45. The van der Waals surface area contributed by atoms with Gasteiger partial charge in [0.15, 0.2) is 0 Å². The molecule has 0 bridgehead atoms. The summed E-state index contributed by atoms with van der Waals surface area (Å²) in [7, 11) is 3.09. The van der Waals surface area contributed by atoms with Gasteiger partial charge in [0, 0.05) is 38.9 Å². The number of hydrogen-bond acceptors (Lipinski definition) is 7. The van der Waals surface area contributed by atoms with Gasteiger partial charge in [-0.1, -0.05) is 23.8 Å². The average Bonchev–Trinajstić information content (AvgIpc) is 2.97. The maximum atomic E-state index is 12.4. The van der Waals surface area contributed by atoms with E-state index >= 15 is 0 Å². The molecule has 1 heterocycles. The summed E-state index contributed by atoms with van der Waals surface area (Å²) in [5.74, 6) is -1.85. The summed E-state index contributed by atoms with van der Waals surface area (Å²) in [4.78, 5) is 44.9. The molecule has 0 radical (unpaired) electrons. The number of aliphatic imine (C=N–C) groups is 1. The van der Waals surface area contributed by atoms with Crippen LogP contribution in [0.25, 0.3) is 0 Å². The van der Waals surface area contributed by atoms with Gasteiger partial charge >= 0.3 is 5.97 Å². The van der Waals surface area contributed by atoms with Gasteiger partial charge in [0.05, 0.1) is 0 Å². The van der Waals surface area contributed by atoms with Crippen LogP contribution >= 0.6 is 0 Å². The SMILES string of the molecule is COCCCNC(=O)C(/C=C1\C(=O)ONN1C)=NC(=O)c1ccccc1. The predicted molar refractivity (Wildman–Crippen MR) is 92.8 cm³/mol. The van der Waals surface area contributed by atoms with Gasteiger partial charge in [-0.25, -0.2) is 9.79 Å². The molecule has 0 unspecified atom stereocenters. The lowest BCUT2D eigenvalue weighted by Gasteiger charge is -2.08. The Balaban J connectivity index is 2.25. The quantitative estimate of drug-likeness (QED) is 0.406. The number of amides is 2. The molecule has 26 heavy (non-hydrogen) atoms. The van der Waals surface area contributed by atoms with Crippen LogP contribution in [0, 0.1) is 0 Å². The summed E-state index contributed by atoms with van der Waals surface area (Å²) in [6.45, 7) is 0.822. The highest BCUT2D eigenvalue weighted by atomic mass is 16.7. The normalized spacial score (nSPS) is 15.9. The molecule has 2 rings (SSSR count). The van der Waals surface area contributed by atoms with Crippen LogP contribution in [-0.2, 0) is 19.2 Å². The number of nitrogens with zero attached hydrogens (tertiary/aromatic N) is 2. The molecule has 1 aromatic rings. The molecule has 2 amide bonds. The number of methoxy groups -OCH3 is 1. The smallest absolute Gasteiger partial charge is 0.376 e. The summed E-state index contributed by atoms with van der Waals surface area (Å²) in [5.41, 5.74) is 2.52. The van der Waals surface area contributed by atoms with Crippen LogP contribution in [0.4, 0.5) is 0 Å². The summed E-state index contributed by atoms with van der Waals surface area (Å²) < 4.78 is 4.92. The second kappa shape index (κ2) is 9.44. The third-order valence-corrected chi connectivity index (χ3v) is 3.41. The van der Waals surface area contributed by atoms with E-state index in [1.54, 1.807) is 37.4 Å². The van der Waals surface area contributed by atoms with Crippen molar-refractivity contribution in [2.24, 2.45) is 4.99 Å². The number of nitrogens with one attached hydrogen (secondary N) is 2.